The summed E-state index contributed by atoms with van der Waals surface area (Å²) in [4.78, 5) is 26.4. The van der Waals surface area contributed by atoms with E-state index in [4.69, 9.17) is 5.73 Å². The monoisotopic (exact) mass is 303 g/mol. The van der Waals surface area contributed by atoms with Gasteiger partial charge >= 0.3 is 0 Å². The maximum atomic E-state index is 12.7. The van der Waals surface area contributed by atoms with Gasteiger partial charge in [-0.3, -0.25) is 9.59 Å². The smallest absolute Gasteiger partial charge is 0.266 e. The van der Waals surface area contributed by atoms with Gasteiger partial charge in [0.05, 0.1) is 12.2 Å². The summed E-state index contributed by atoms with van der Waals surface area (Å²) < 4.78 is 1.04. The second kappa shape index (κ2) is 5.37. The number of nitrogen functional groups attached to an aromatic ring is 1. The summed E-state index contributed by atoms with van der Waals surface area (Å²) in [5.41, 5.74) is 7.78. The lowest BCUT2D eigenvalue weighted by molar-refractivity contribution is -0.121. The van der Waals surface area contributed by atoms with Crippen LogP contribution in [-0.2, 0) is 4.79 Å². The molecule has 6 heteroatoms. The van der Waals surface area contributed by atoms with Crippen molar-refractivity contribution in [3.8, 4) is 0 Å². The predicted molar refractivity (Wildman–Crippen MR) is 84.5 cm³/mol. The number of hydrogen-bond donors (Lipinski definition) is 2. The molecule has 1 aromatic heterocycles. The molecule has 1 aromatic carbocycles. The van der Waals surface area contributed by atoms with Crippen molar-refractivity contribution < 1.29 is 9.59 Å². The summed E-state index contributed by atoms with van der Waals surface area (Å²) in [6, 6.07) is 5.88. The van der Waals surface area contributed by atoms with E-state index >= 15 is 0 Å². The first kappa shape index (κ1) is 13.9. The number of nitrogens with zero attached hydrogens (tertiary/aromatic N) is 1. The van der Waals surface area contributed by atoms with Crippen LogP contribution >= 0.6 is 11.3 Å². The van der Waals surface area contributed by atoms with Crippen molar-refractivity contribution in [1.29, 1.82) is 0 Å². The molecule has 1 saturated heterocycles. The number of carbonyl (C=O) groups is 2. The first-order valence-corrected chi connectivity index (χ1v) is 7.73. The van der Waals surface area contributed by atoms with E-state index < -0.39 is 0 Å². The summed E-state index contributed by atoms with van der Waals surface area (Å²) in [5.74, 6) is -0.262. The normalized spacial score (nSPS) is 15.9. The van der Waals surface area contributed by atoms with Gasteiger partial charge < -0.3 is 16.0 Å². The molecule has 0 aliphatic carbocycles. The van der Waals surface area contributed by atoms with Gasteiger partial charge in [-0.1, -0.05) is 18.2 Å². The molecule has 1 aliphatic rings. The van der Waals surface area contributed by atoms with Crippen molar-refractivity contribution in [3.05, 3.63) is 28.6 Å². The minimum atomic E-state index is -0.148. The number of carbonyl (C=O) groups excluding carboxylic acids is 2. The van der Waals surface area contributed by atoms with Crippen molar-refractivity contribution in [2.45, 2.75) is 13.3 Å². The molecular formula is C15H17N3O2S. The van der Waals surface area contributed by atoms with Gasteiger partial charge in [-0.25, -0.2) is 0 Å². The van der Waals surface area contributed by atoms with Crippen LogP contribution in [0.2, 0.25) is 0 Å². The highest BCUT2D eigenvalue weighted by atomic mass is 32.1. The Morgan fingerprint density at radius 2 is 2.24 bits per heavy atom. The summed E-state index contributed by atoms with van der Waals surface area (Å²) in [6.07, 6.45) is 0.765. The van der Waals surface area contributed by atoms with Crippen LogP contribution in [0.15, 0.2) is 18.2 Å². The van der Waals surface area contributed by atoms with Gasteiger partial charge in [0.25, 0.3) is 5.91 Å². The van der Waals surface area contributed by atoms with Gasteiger partial charge in [-0.05, 0) is 18.9 Å². The molecule has 0 unspecified atom stereocenters. The summed E-state index contributed by atoms with van der Waals surface area (Å²) >= 11 is 1.41. The number of benzene rings is 1. The van der Waals surface area contributed by atoms with Crippen molar-refractivity contribution in [2.75, 3.05) is 25.4 Å². The molecule has 0 bridgehead atoms. The topological polar surface area (TPSA) is 75.4 Å². The van der Waals surface area contributed by atoms with Crippen molar-refractivity contribution in [3.63, 3.8) is 0 Å². The highest BCUT2D eigenvalue weighted by molar-refractivity contribution is 7.21. The molecule has 1 fully saturated rings. The van der Waals surface area contributed by atoms with E-state index in [1.54, 1.807) is 4.90 Å². The van der Waals surface area contributed by atoms with Crippen LogP contribution in [0.5, 0.6) is 0 Å². The number of amides is 2. The zero-order chi connectivity index (χ0) is 15.0. The van der Waals surface area contributed by atoms with Crippen LogP contribution in [0.4, 0.5) is 5.69 Å². The fourth-order valence-electron chi connectivity index (χ4n) is 2.56. The van der Waals surface area contributed by atoms with Crippen molar-refractivity contribution in [1.82, 2.24) is 10.2 Å². The van der Waals surface area contributed by atoms with Gasteiger partial charge in [0.2, 0.25) is 5.91 Å². The molecule has 2 amide bonds. The van der Waals surface area contributed by atoms with Gasteiger partial charge in [0, 0.05) is 23.2 Å². The van der Waals surface area contributed by atoms with E-state index in [0.29, 0.717) is 23.7 Å². The van der Waals surface area contributed by atoms with Crippen LogP contribution < -0.4 is 11.1 Å². The molecule has 0 spiro atoms. The highest BCUT2D eigenvalue weighted by Gasteiger charge is 2.25. The highest BCUT2D eigenvalue weighted by Crippen LogP contribution is 2.36. The molecule has 110 valence electrons. The van der Waals surface area contributed by atoms with Gasteiger partial charge in [0.15, 0.2) is 0 Å². The molecule has 2 heterocycles. The van der Waals surface area contributed by atoms with Crippen molar-refractivity contribution in [2.24, 2.45) is 0 Å². The van der Waals surface area contributed by atoms with E-state index in [1.807, 2.05) is 25.1 Å². The summed E-state index contributed by atoms with van der Waals surface area (Å²) in [5, 5.41) is 3.69. The number of aryl methyl sites for hydroxylation is 1. The SMILES string of the molecule is Cc1cccc2c(N)c(C(=O)N3CCCNC(=O)C3)sc12. The number of nitrogens with two attached hydrogens (primary N) is 1. The zero-order valence-corrected chi connectivity index (χ0v) is 12.6. The maximum Gasteiger partial charge on any atom is 0.266 e. The third kappa shape index (κ3) is 2.47. The third-order valence-corrected chi connectivity index (χ3v) is 5.04. The predicted octanol–water partition coefficient (Wildman–Crippen LogP) is 1.75. The Bertz CT molecular complexity index is 723. The first-order valence-electron chi connectivity index (χ1n) is 6.91. The number of nitrogens with one attached hydrogen (secondary N) is 1. The Hall–Kier alpha value is -2.08. The van der Waals surface area contributed by atoms with E-state index in [-0.39, 0.29) is 18.4 Å². The second-order valence-electron chi connectivity index (χ2n) is 5.23. The van der Waals surface area contributed by atoms with Crippen molar-refractivity contribution >= 4 is 38.9 Å². The summed E-state index contributed by atoms with van der Waals surface area (Å²) in [7, 11) is 0. The van der Waals surface area contributed by atoms with Crippen LogP contribution in [0, 0.1) is 6.92 Å². The van der Waals surface area contributed by atoms with Crippen LogP contribution in [0.3, 0.4) is 0 Å². The molecule has 3 rings (SSSR count). The lowest BCUT2D eigenvalue weighted by Gasteiger charge is -2.18. The number of thiophene rings is 1. The van der Waals surface area contributed by atoms with E-state index in [0.717, 1.165) is 22.1 Å². The molecule has 1 aliphatic heterocycles. The fourth-order valence-corrected chi connectivity index (χ4v) is 3.72. The third-order valence-electron chi connectivity index (χ3n) is 3.69. The zero-order valence-electron chi connectivity index (χ0n) is 11.8. The van der Waals surface area contributed by atoms with Gasteiger partial charge in [0.1, 0.15) is 4.88 Å². The Morgan fingerprint density at radius 1 is 1.43 bits per heavy atom. The van der Waals surface area contributed by atoms with Crippen LogP contribution in [-0.4, -0.2) is 36.3 Å². The Morgan fingerprint density at radius 3 is 3.00 bits per heavy atom. The standard InChI is InChI=1S/C15H17N3O2S/c1-9-4-2-5-10-12(16)14(21-13(9)10)15(20)18-7-3-6-17-11(19)8-18/h2,4-5H,3,6-8,16H2,1H3,(H,17,19). The second-order valence-corrected chi connectivity index (χ2v) is 6.25. The van der Waals surface area contributed by atoms with Crippen LogP contribution in [0.25, 0.3) is 10.1 Å². The summed E-state index contributed by atoms with van der Waals surface area (Å²) in [6.45, 7) is 3.30. The largest absolute Gasteiger partial charge is 0.397 e. The van der Waals surface area contributed by atoms with E-state index in [9.17, 15) is 9.59 Å². The number of anilines is 1. The first-order chi connectivity index (χ1) is 10.1. The molecule has 0 saturated carbocycles. The fraction of sp³-hybridized carbons (Fsp3) is 0.333. The molecule has 2 aromatic rings. The molecular weight excluding hydrogens is 286 g/mol. The Kier molecular flexibility index (Phi) is 3.55. The van der Waals surface area contributed by atoms with Gasteiger partial charge in [-0.2, -0.15) is 0 Å². The Balaban J connectivity index is 1.99. The molecule has 3 N–H and O–H groups in total. The maximum absolute atomic E-state index is 12.7. The van der Waals surface area contributed by atoms with E-state index in [2.05, 4.69) is 5.32 Å². The van der Waals surface area contributed by atoms with Gasteiger partial charge in [-0.15, -0.1) is 11.3 Å². The number of rotatable bonds is 1. The molecule has 0 atom stereocenters. The quantitative estimate of drug-likeness (QED) is 0.843. The molecule has 21 heavy (non-hydrogen) atoms. The molecule has 5 nitrogen and oxygen atoms in total. The lowest BCUT2D eigenvalue weighted by atomic mass is 10.1. The average Bonchev–Trinajstić information content (AvgIpc) is 2.66. The Labute approximate surface area is 126 Å². The van der Waals surface area contributed by atoms with E-state index in [1.165, 1.54) is 11.3 Å². The lowest BCUT2D eigenvalue weighted by Crippen LogP contribution is -2.37. The number of hydrogen-bond acceptors (Lipinski definition) is 4. The number of fused-ring (bicyclic) bond motifs is 1. The average molecular weight is 303 g/mol. The minimum absolute atomic E-state index is 0.103. The van der Waals surface area contributed by atoms with Crippen LogP contribution in [0.1, 0.15) is 21.7 Å². The minimum Gasteiger partial charge on any atom is -0.397 e. The molecule has 0 radical (unpaired) electrons.